The topological polar surface area (TPSA) is 82.9 Å². The van der Waals surface area contributed by atoms with Gasteiger partial charge < -0.3 is 15.2 Å². The lowest BCUT2D eigenvalue weighted by molar-refractivity contribution is -0.0585. The third-order valence-corrected chi connectivity index (χ3v) is 5.54. The number of hydrogen-bond acceptors (Lipinski definition) is 6. The van der Waals surface area contributed by atoms with E-state index in [0.29, 0.717) is 25.4 Å². The lowest BCUT2D eigenvalue weighted by Crippen LogP contribution is -2.50. The van der Waals surface area contributed by atoms with Crippen LogP contribution in [0.5, 0.6) is 0 Å². The Morgan fingerprint density at radius 2 is 1.81 bits per heavy atom. The van der Waals surface area contributed by atoms with Crippen LogP contribution in [0.3, 0.4) is 0 Å². The predicted molar refractivity (Wildman–Crippen MR) is 126 cm³/mol. The van der Waals surface area contributed by atoms with Crippen molar-refractivity contribution in [1.29, 1.82) is 0 Å². The van der Waals surface area contributed by atoms with Crippen molar-refractivity contribution in [3.05, 3.63) is 42.1 Å². The van der Waals surface area contributed by atoms with Crippen molar-refractivity contribution in [2.24, 2.45) is 7.05 Å². The number of aryl methyl sites for hydroxylation is 1. The predicted octanol–water partition coefficient (Wildman–Crippen LogP) is 1.61. The van der Waals surface area contributed by atoms with Crippen LogP contribution in [0.2, 0.25) is 0 Å². The molecule has 2 N–H and O–H groups in total. The average Bonchev–Trinajstić information content (AvgIpc) is 3.15. The number of hydrogen-bond donors (Lipinski definition) is 2. The molecule has 0 radical (unpaired) electrons. The van der Waals surface area contributed by atoms with Gasteiger partial charge >= 0.3 is 0 Å². The second-order valence-corrected chi connectivity index (χ2v) is 9.38. The van der Waals surface area contributed by atoms with Gasteiger partial charge in [-0.2, -0.15) is 5.10 Å². The Hall–Kier alpha value is -2.26. The van der Waals surface area contributed by atoms with Gasteiger partial charge in [-0.3, -0.25) is 19.3 Å². The van der Waals surface area contributed by atoms with Crippen LogP contribution >= 0.6 is 0 Å². The highest BCUT2D eigenvalue weighted by Gasteiger charge is 2.21. The van der Waals surface area contributed by atoms with E-state index in [1.54, 1.807) is 11.7 Å². The van der Waals surface area contributed by atoms with Crippen molar-refractivity contribution < 1.29 is 14.6 Å². The summed E-state index contributed by atoms with van der Waals surface area (Å²) in [4.78, 5) is 17.2. The largest absolute Gasteiger partial charge is 0.389 e. The summed E-state index contributed by atoms with van der Waals surface area (Å²) >= 11 is 0. The number of aromatic nitrogens is 2. The zero-order valence-electron chi connectivity index (χ0n) is 19.8. The summed E-state index contributed by atoms with van der Waals surface area (Å²) in [5, 5.41) is 17.7. The van der Waals surface area contributed by atoms with Gasteiger partial charge in [0.2, 0.25) is 0 Å². The Bertz CT molecular complexity index is 854. The van der Waals surface area contributed by atoms with Crippen LogP contribution in [0.4, 0.5) is 0 Å². The summed E-state index contributed by atoms with van der Waals surface area (Å²) in [6, 6.07) is 11.7. The van der Waals surface area contributed by atoms with Gasteiger partial charge in [0, 0.05) is 58.4 Å². The third kappa shape index (κ3) is 7.41. The Morgan fingerprint density at radius 1 is 1.16 bits per heavy atom. The molecule has 32 heavy (non-hydrogen) atoms. The molecule has 3 rings (SSSR count). The quantitative estimate of drug-likeness (QED) is 0.613. The molecule has 1 saturated heterocycles. The summed E-state index contributed by atoms with van der Waals surface area (Å²) < 4.78 is 7.30. The highest BCUT2D eigenvalue weighted by Crippen LogP contribution is 2.18. The first kappa shape index (κ1) is 24.4. The van der Waals surface area contributed by atoms with Crippen LogP contribution in [0, 0.1) is 0 Å². The fraction of sp³-hybridized carbons (Fsp3) is 0.583. The molecule has 0 spiro atoms. The molecule has 1 fully saturated rings. The number of ether oxygens (including phenoxy) is 1. The number of benzene rings is 1. The molecule has 0 saturated carbocycles. The molecule has 2 heterocycles. The molecule has 1 atom stereocenters. The minimum atomic E-state index is -0.472. The number of aliphatic hydroxyl groups is 1. The van der Waals surface area contributed by atoms with E-state index in [9.17, 15) is 9.90 Å². The van der Waals surface area contributed by atoms with E-state index in [1.165, 1.54) is 0 Å². The maximum absolute atomic E-state index is 12.6. The van der Waals surface area contributed by atoms with Crippen LogP contribution < -0.4 is 5.32 Å². The van der Waals surface area contributed by atoms with E-state index in [2.05, 4.69) is 20.2 Å². The second-order valence-electron chi connectivity index (χ2n) is 9.38. The Kier molecular flexibility index (Phi) is 8.42. The molecule has 0 unspecified atom stereocenters. The zero-order valence-corrected chi connectivity index (χ0v) is 19.8. The molecular formula is C24H37N5O3. The Morgan fingerprint density at radius 3 is 2.47 bits per heavy atom. The van der Waals surface area contributed by atoms with Gasteiger partial charge in [-0.05, 0) is 26.8 Å². The van der Waals surface area contributed by atoms with Crippen molar-refractivity contribution in [1.82, 2.24) is 24.9 Å². The van der Waals surface area contributed by atoms with Crippen molar-refractivity contribution in [2.45, 2.75) is 32.5 Å². The Balaban J connectivity index is 1.37. The number of amides is 1. The smallest absolute Gasteiger partial charge is 0.269 e. The number of β-amino-alcohol motifs (C(OH)–C–C–N with tert-alkyl or cyclic N) is 1. The average molecular weight is 444 g/mol. The van der Waals surface area contributed by atoms with E-state index >= 15 is 0 Å². The maximum atomic E-state index is 12.6. The summed E-state index contributed by atoms with van der Waals surface area (Å²) in [6.45, 7) is 12.0. The molecule has 0 aliphatic carbocycles. The molecule has 1 aromatic carbocycles. The maximum Gasteiger partial charge on any atom is 0.269 e. The van der Waals surface area contributed by atoms with Crippen LogP contribution in [-0.2, 0) is 11.8 Å². The fourth-order valence-corrected chi connectivity index (χ4v) is 3.74. The molecule has 1 aliphatic heterocycles. The number of carbonyl (C=O) groups excluding carboxylic acids is 1. The monoisotopic (exact) mass is 443 g/mol. The molecule has 1 aliphatic rings. The van der Waals surface area contributed by atoms with Gasteiger partial charge in [0.15, 0.2) is 0 Å². The number of nitrogens with zero attached hydrogens (tertiary/aromatic N) is 4. The molecule has 2 aromatic rings. The minimum absolute atomic E-state index is 0.109. The van der Waals surface area contributed by atoms with Gasteiger partial charge in [-0.25, -0.2) is 0 Å². The van der Waals surface area contributed by atoms with Crippen LogP contribution in [0.1, 0.15) is 31.3 Å². The first-order valence-corrected chi connectivity index (χ1v) is 11.4. The first-order chi connectivity index (χ1) is 15.2. The van der Waals surface area contributed by atoms with Crippen molar-refractivity contribution in [3.8, 4) is 11.3 Å². The summed E-state index contributed by atoms with van der Waals surface area (Å²) in [5.74, 6) is -0.109. The van der Waals surface area contributed by atoms with E-state index in [-0.39, 0.29) is 11.5 Å². The van der Waals surface area contributed by atoms with E-state index in [0.717, 1.165) is 44.0 Å². The van der Waals surface area contributed by atoms with Gasteiger partial charge in [-0.1, -0.05) is 30.3 Å². The SMILES string of the molecule is Cn1nc(-c2ccccc2)cc1C(=O)NCCN1CCN(C[C@H](O)COC(C)(C)C)CC1. The van der Waals surface area contributed by atoms with Crippen LogP contribution in [0.25, 0.3) is 11.3 Å². The number of carbonyl (C=O) groups is 1. The second kappa shape index (κ2) is 11.0. The standard InChI is InChI=1S/C24H37N5O3/c1-24(2,3)32-18-20(30)17-29-14-12-28(13-15-29)11-10-25-23(31)22-16-21(26-27(22)4)19-8-6-5-7-9-19/h5-9,16,20,30H,10-15,17-18H2,1-4H3,(H,25,31)/t20-/m0/s1. The molecule has 1 amide bonds. The third-order valence-electron chi connectivity index (χ3n) is 5.54. The zero-order chi connectivity index (χ0) is 23.1. The molecular weight excluding hydrogens is 406 g/mol. The molecule has 8 heteroatoms. The molecule has 176 valence electrons. The van der Waals surface area contributed by atoms with Crippen LogP contribution in [0.15, 0.2) is 36.4 Å². The highest BCUT2D eigenvalue weighted by atomic mass is 16.5. The number of piperazine rings is 1. The summed E-state index contributed by atoms with van der Waals surface area (Å²) in [7, 11) is 1.79. The van der Waals surface area contributed by atoms with Crippen molar-refractivity contribution in [2.75, 3.05) is 52.4 Å². The summed E-state index contributed by atoms with van der Waals surface area (Å²) in [6.07, 6.45) is -0.472. The van der Waals surface area contributed by atoms with Gasteiger partial charge in [-0.15, -0.1) is 0 Å². The number of nitrogens with one attached hydrogen (secondary N) is 1. The van der Waals surface area contributed by atoms with E-state index in [4.69, 9.17) is 4.74 Å². The first-order valence-electron chi connectivity index (χ1n) is 11.4. The fourth-order valence-electron chi connectivity index (χ4n) is 3.74. The normalized spacial score (nSPS) is 16.8. The minimum Gasteiger partial charge on any atom is -0.389 e. The van der Waals surface area contributed by atoms with Crippen molar-refractivity contribution in [3.63, 3.8) is 0 Å². The van der Waals surface area contributed by atoms with Gasteiger partial charge in [0.05, 0.1) is 24.0 Å². The van der Waals surface area contributed by atoms with E-state index in [1.807, 2.05) is 57.2 Å². The lowest BCUT2D eigenvalue weighted by atomic mass is 10.1. The van der Waals surface area contributed by atoms with Crippen LogP contribution in [-0.4, -0.2) is 94.7 Å². The summed E-state index contributed by atoms with van der Waals surface area (Å²) in [5.41, 5.74) is 2.11. The van der Waals surface area contributed by atoms with Crippen molar-refractivity contribution >= 4 is 5.91 Å². The number of rotatable bonds is 9. The molecule has 1 aromatic heterocycles. The lowest BCUT2D eigenvalue weighted by Gasteiger charge is -2.35. The van der Waals surface area contributed by atoms with E-state index < -0.39 is 6.10 Å². The van der Waals surface area contributed by atoms with Gasteiger partial charge in [0.1, 0.15) is 5.69 Å². The molecule has 8 nitrogen and oxygen atoms in total. The molecule has 0 bridgehead atoms. The Labute approximate surface area is 191 Å². The van der Waals surface area contributed by atoms with Gasteiger partial charge in [0.25, 0.3) is 5.91 Å². The number of aliphatic hydroxyl groups excluding tert-OH is 1. The highest BCUT2D eigenvalue weighted by molar-refractivity contribution is 5.93.